The van der Waals surface area contributed by atoms with Gasteiger partial charge in [0, 0.05) is 18.9 Å². The maximum absolute atomic E-state index is 9.39. The SMILES string of the molecule is OC1CCC(CNCCn2cccn2)CC1. The number of nitrogens with zero attached hydrogens (tertiary/aromatic N) is 2. The van der Waals surface area contributed by atoms with Gasteiger partial charge in [0.1, 0.15) is 0 Å². The minimum absolute atomic E-state index is 0.0414. The van der Waals surface area contributed by atoms with Crippen molar-refractivity contribution in [2.24, 2.45) is 5.92 Å². The number of nitrogens with one attached hydrogen (secondary N) is 1. The lowest BCUT2D eigenvalue weighted by atomic mass is 9.87. The molecule has 90 valence electrons. The van der Waals surface area contributed by atoms with Crippen molar-refractivity contribution in [3.63, 3.8) is 0 Å². The second-order valence-electron chi connectivity index (χ2n) is 4.65. The van der Waals surface area contributed by atoms with Crippen molar-refractivity contribution in [1.29, 1.82) is 0 Å². The molecule has 0 spiro atoms. The van der Waals surface area contributed by atoms with Crippen LogP contribution in [0.25, 0.3) is 0 Å². The zero-order valence-corrected chi connectivity index (χ0v) is 9.68. The van der Waals surface area contributed by atoms with E-state index < -0.39 is 0 Å². The van der Waals surface area contributed by atoms with E-state index in [1.807, 2.05) is 23.1 Å². The van der Waals surface area contributed by atoms with Crippen molar-refractivity contribution in [2.75, 3.05) is 13.1 Å². The number of aliphatic hydroxyl groups is 1. The van der Waals surface area contributed by atoms with E-state index >= 15 is 0 Å². The predicted octanol–water partition coefficient (Wildman–Crippen LogP) is 1.02. The summed E-state index contributed by atoms with van der Waals surface area (Å²) >= 11 is 0. The number of aromatic nitrogens is 2. The van der Waals surface area contributed by atoms with Gasteiger partial charge in [0.25, 0.3) is 0 Å². The molecule has 0 bridgehead atoms. The molecule has 1 aliphatic carbocycles. The Bertz CT molecular complexity index is 278. The van der Waals surface area contributed by atoms with Crippen LogP contribution < -0.4 is 5.32 Å². The summed E-state index contributed by atoms with van der Waals surface area (Å²) in [6, 6.07) is 1.95. The average Bonchev–Trinajstić information content (AvgIpc) is 2.80. The van der Waals surface area contributed by atoms with Crippen LogP contribution in [0.2, 0.25) is 0 Å². The highest BCUT2D eigenvalue weighted by Crippen LogP contribution is 2.23. The fourth-order valence-electron chi connectivity index (χ4n) is 2.28. The molecule has 0 radical (unpaired) electrons. The monoisotopic (exact) mass is 223 g/mol. The maximum atomic E-state index is 9.39. The predicted molar refractivity (Wildman–Crippen MR) is 63.1 cm³/mol. The van der Waals surface area contributed by atoms with Crippen LogP contribution in [0.4, 0.5) is 0 Å². The largest absolute Gasteiger partial charge is 0.393 e. The highest BCUT2D eigenvalue weighted by atomic mass is 16.3. The number of hydrogen-bond donors (Lipinski definition) is 2. The van der Waals surface area contributed by atoms with Crippen LogP contribution in [0.5, 0.6) is 0 Å². The Hall–Kier alpha value is -0.870. The van der Waals surface area contributed by atoms with Crippen molar-refractivity contribution >= 4 is 0 Å². The minimum atomic E-state index is -0.0414. The van der Waals surface area contributed by atoms with E-state index in [1.165, 1.54) is 0 Å². The number of aliphatic hydroxyl groups excluding tert-OH is 1. The Balaban J connectivity index is 1.55. The Morgan fingerprint density at radius 2 is 2.12 bits per heavy atom. The minimum Gasteiger partial charge on any atom is -0.393 e. The lowest BCUT2D eigenvalue weighted by Crippen LogP contribution is -2.30. The van der Waals surface area contributed by atoms with Crippen LogP contribution in [-0.2, 0) is 6.54 Å². The first-order valence-corrected chi connectivity index (χ1v) is 6.21. The third-order valence-corrected chi connectivity index (χ3v) is 3.33. The van der Waals surface area contributed by atoms with E-state index in [4.69, 9.17) is 0 Å². The summed E-state index contributed by atoms with van der Waals surface area (Å²) in [5.74, 6) is 0.751. The normalized spacial score (nSPS) is 25.8. The third-order valence-electron chi connectivity index (χ3n) is 3.33. The molecule has 1 aliphatic rings. The first kappa shape index (κ1) is 11.6. The van der Waals surface area contributed by atoms with Crippen LogP contribution in [-0.4, -0.2) is 34.1 Å². The van der Waals surface area contributed by atoms with E-state index in [0.29, 0.717) is 0 Å². The molecule has 2 rings (SSSR count). The zero-order chi connectivity index (χ0) is 11.2. The molecule has 16 heavy (non-hydrogen) atoms. The van der Waals surface area contributed by atoms with Crippen molar-refractivity contribution < 1.29 is 5.11 Å². The Kier molecular flexibility index (Phi) is 4.36. The molecule has 0 aliphatic heterocycles. The van der Waals surface area contributed by atoms with Gasteiger partial charge in [0.15, 0.2) is 0 Å². The Morgan fingerprint density at radius 1 is 1.31 bits per heavy atom. The van der Waals surface area contributed by atoms with Crippen LogP contribution in [0.15, 0.2) is 18.5 Å². The van der Waals surface area contributed by atoms with Gasteiger partial charge in [-0.25, -0.2) is 0 Å². The molecule has 0 aromatic carbocycles. The summed E-state index contributed by atoms with van der Waals surface area (Å²) < 4.78 is 1.94. The standard InChI is InChI=1S/C12H21N3O/c16-12-4-2-11(3-5-12)10-13-7-9-15-8-1-6-14-15/h1,6,8,11-13,16H,2-5,7,9-10H2. The number of hydrogen-bond acceptors (Lipinski definition) is 3. The van der Waals surface area contributed by atoms with E-state index in [2.05, 4.69) is 10.4 Å². The fourth-order valence-corrected chi connectivity index (χ4v) is 2.28. The van der Waals surface area contributed by atoms with Gasteiger partial charge in [-0.2, -0.15) is 5.10 Å². The van der Waals surface area contributed by atoms with Gasteiger partial charge < -0.3 is 10.4 Å². The molecule has 4 heteroatoms. The highest BCUT2D eigenvalue weighted by Gasteiger charge is 2.18. The summed E-state index contributed by atoms with van der Waals surface area (Å²) in [6.07, 6.45) is 8.03. The second-order valence-corrected chi connectivity index (χ2v) is 4.65. The van der Waals surface area contributed by atoms with Gasteiger partial charge in [-0.1, -0.05) is 0 Å². The number of rotatable bonds is 5. The third kappa shape index (κ3) is 3.61. The molecule has 4 nitrogen and oxygen atoms in total. The topological polar surface area (TPSA) is 50.1 Å². The lowest BCUT2D eigenvalue weighted by Gasteiger charge is -2.25. The zero-order valence-electron chi connectivity index (χ0n) is 9.68. The molecule has 1 saturated carbocycles. The summed E-state index contributed by atoms with van der Waals surface area (Å²) in [6.45, 7) is 2.98. The van der Waals surface area contributed by atoms with E-state index in [0.717, 1.165) is 51.2 Å². The van der Waals surface area contributed by atoms with Gasteiger partial charge >= 0.3 is 0 Å². The van der Waals surface area contributed by atoms with Gasteiger partial charge in [0.05, 0.1) is 12.6 Å². The van der Waals surface area contributed by atoms with E-state index in [1.54, 1.807) is 0 Å². The van der Waals surface area contributed by atoms with E-state index in [9.17, 15) is 5.11 Å². The first-order valence-electron chi connectivity index (χ1n) is 6.21. The van der Waals surface area contributed by atoms with Gasteiger partial charge in [0.2, 0.25) is 0 Å². The molecule has 0 amide bonds. The summed E-state index contributed by atoms with van der Waals surface area (Å²) in [4.78, 5) is 0. The molecule has 1 fully saturated rings. The Labute approximate surface area is 96.7 Å². The van der Waals surface area contributed by atoms with Crippen LogP contribution >= 0.6 is 0 Å². The highest BCUT2D eigenvalue weighted by molar-refractivity contribution is 4.78. The first-order chi connectivity index (χ1) is 7.84. The molecular formula is C12H21N3O. The van der Waals surface area contributed by atoms with E-state index in [-0.39, 0.29) is 6.10 Å². The van der Waals surface area contributed by atoms with Crippen LogP contribution in [0.3, 0.4) is 0 Å². The summed E-state index contributed by atoms with van der Waals surface area (Å²) in [7, 11) is 0. The summed E-state index contributed by atoms with van der Waals surface area (Å²) in [5.41, 5.74) is 0. The van der Waals surface area contributed by atoms with Crippen molar-refractivity contribution in [3.05, 3.63) is 18.5 Å². The van der Waals surface area contributed by atoms with Gasteiger partial charge in [-0.3, -0.25) is 4.68 Å². The molecule has 0 atom stereocenters. The van der Waals surface area contributed by atoms with Gasteiger partial charge in [-0.15, -0.1) is 0 Å². The lowest BCUT2D eigenvalue weighted by molar-refractivity contribution is 0.108. The van der Waals surface area contributed by atoms with Gasteiger partial charge in [-0.05, 0) is 44.2 Å². The molecule has 0 unspecified atom stereocenters. The molecule has 1 aromatic rings. The van der Waals surface area contributed by atoms with Crippen molar-refractivity contribution in [1.82, 2.24) is 15.1 Å². The molecule has 1 aromatic heterocycles. The van der Waals surface area contributed by atoms with Crippen molar-refractivity contribution in [3.8, 4) is 0 Å². The molecule has 1 heterocycles. The smallest absolute Gasteiger partial charge is 0.0540 e. The summed E-state index contributed by atoms with van der Waals surface area (Å²) in [5, 5.41) is 17.0. The second kappa shape index (κ2) is 6.01. The van der Waals surface area contributed by atoms with Crippen LogP contribution in [0, 0.1) is 5.92 Å². The molecule has 0 saturated heterocycles. The fraction of sp³-hybridized carbons (Fsp3) is 0.750. The maximum Gasteiger partial charge on any atom is 0.0540 e. The molecular weight excluding hydrogens is 202 g/mol. The average molecular weight is 223 g/mol. The Morgan fingerprint density at radius 3 is 2.81 bits per heavy atom. The van der Waals surface area contributed by atoms with Crippen LogP contribution in [0.1, 0.15) is 25.7 Å². The molecule has 2 N–H and O–H groups in total. The quantitative estimate of drug-likeness (QED) is 0.733. The van der Waals surface area contributed by atoms with Crippen molar-refractivity contribution in [2.45, 2.75) is 38.3 Å².